The lowest BCUT2D eigenvalue weighted by atomic mass is 10.0. The zero-order valence-corrected chi connectivity index (χ0v) is 14.4. The maximum Gasteiger partial charge on any atom is 0.165 e. The fourth-order valence-electron chi connectivity index (χ4n) is 2.95. The minimum Gasteiger partial charge on any atom is -0.368 e. The second-order valence-electron chi connectivity index (χ2n) is 6.26. The molecule has 2 N–H and O–H groups in total. The molecule has 5 heteroatoms. The summed E-state index contributed by atoms with van der Waals surface area (Å²) < 4.78 is 1.87. The normalized spacial score (nSPS) is 12.6. The van der Waals surface area contributed by atoms with E-state index < -0.39 is 0 Å². The van der Waals surface area contributed by atoms with Crippen LogP contribution in [0.4, 0.5) is 5.82 Å². The Hall–Kier alpha value is -2.92. The average molecular weight is 331 g/mol. The summed E-state index contributed by atoms with van der Waals surface area (Å²) in [5, 5.41) is 13.7. The van der Waals surface area contributed by atoms with Gasteiger partial charge in [-0.15, -0.1) is 0 Å². The zero-order chi connectivity index (χ0) is 17.2. The molecule has 0 aliphatic heterocycles. The smallest absolute Gasteiger partial charge is 0.165 e. The first-order valence-corrected chi connectivity index (χ1v) is 8.49. The lowest BCUT2D eigenvalue weighted by Gasteiger charge is -2.13. The van der Waals surface area contributed by atoms with Crippen LogP contribution in [0.5, 0.6) is 0 Å². The summed E-state index contributed by atoms with van der Waals surface area (Å²) in [5.74, 6) is 0.944. The first-order chi connectivity index (χ1) is 12.3. The molecule has 25 heavy (non-hydrogen) atoms. The van der Waals surface area contributed by atoms with Gasteiger partial charge in [-0.25, -0.2) is 4.98 Å². The number of likely N-dealkylation sites (N-methyl/N-ethyl adjacent to an activating group) is 1. The van der Waals surface area contributed by atoms with Crippen molar-refractivity contribution in [2.45, 2.75) is 13.0 Å². The van der Waals surface area contributed by atoms with E-state index in [1.54, 1.807) is 0 Å². The van der Waals surface area contributed by atoms with Gasteiger partial charge in [-0.3, -0.25) is 0 Å². The molecule has 1 atom stereocenters. The SMILES string of the molecule is CNC(C)CNc1ccnc2c(-c3ccc4ccccc4c3)cnn12. The molecule has 2 aromatic heterocycles. The maximum atomic E-state index is 4.55. The van der Waals surface area contributed by atoms with Gasteiger partial charge in [-0.05, 0) is 42.4 Å². The number of nitrogens with zero attached hydrogens (tertiary/aromatic N) is 3. The van der Waals surface area contributed by atoms with Crippen LogP contribution in [-0.4, -0.2) is 34.2 Å². The molecule has 0 fully saturated rings. The number of benzene rings is 2. The zero-order valence-electron chi connectivity index (χ0n) is 14.4. The number of aromatic nitrogens is 3. The fourth-order valence-corrected chi connectivity index (χ4v) is 2.95. The molecule has 2 aromatic carbocycles. The Morgan fingerprint density at radius 3 is 2.76 bits per heavy atom. The van der Waals surface area contributed by atoms with Crippen molar-refractivity contribution in [1.82, 2.24) is 19.9 Å². The number of hydrogen-bond donors (Lipinski definition) is 2. The van der Waals surface area contributed by atoms with Gasteiger partial charge in [0.05, 0.1) is 6.20 Å². The minimum atomic E-state index is 0.374. The monoisotopic (exact) mass is 331 g/mol. The van der Waals surface area contributed by atoms with Gasteiger partial charge in [-0.2, -0.15) is 9.61 Å². The molecule has 5 nitrogen and oxygen atoms in total. The van der Waals surface area contributed by atoms with Crippen molar-refractivity contribution in [3.8, 4) is 11.1 Å². The highest BCUT2D eigenvalue weighted by Gasteiger charge is 2.11. The molecule has 126 valence electrons. The van der Waals surface area contributed by atoms with Crippen LogP contribution >= 0.6 is 0 Å². The number of nitrogens with one attached hydrogen (secondary N) is 2. The number of hydrogen-bond acceptors (Lipinski definition) is 4. The highest BCUT2D eigenvalue weighted by atomic mass is 15.3. The van der Waals surface area contributed by atoms with Crippen LogP contribution in [0, 0.1) is 0 Å². The molecule has 4 aromatic rings. The Bertz CT molecular complexity index is 1020. The standard InChI is InChI=1S/C20H21N5/c1-14(21-2)12-23-19-9-10-22-20-18(13-24-25(19)20)17-8-7-15-5-3-4-6-16(15)11-17/h3-11,13-14,21,23H,12H2,1-2H3. The summed E-state index contributed by atoms with van der Waals surface area (Å²) in [7, 11) is 1.96. The van der Waals surface area contributed by atoms with E-state index in [0.717, 1.165) is 29.1 Å². The summed E-state index contributed by atoms with van der Waals surface area (Å²) in [4.78, 5) is 4.55. The van der Waals surface area contributed by atoms with Crippen molar-refractivity contribution in [3.63, 3.8) is 0 Å². The van der Waals surface area contributed by atoms with Crippen molar-refractivity contribution >= 4 is 22.2 Å². The summed E-state index contributed by atoms with van der Waals surface area (Å²) in [6, 6.07) is 17.2. The number of fused-ring (bicyclic) bond motifs is 2. The first kappa shape index (κ1) is 15.6. The Morgan fingerprint density at radius 2 is 1.92 bits per heavy atom. The maximum absolute atomic E-state index is 4.55. The summed E-state index contributed by atoms with van der Waals surface area (Å²) in [6.45, 7) is 2.95. The van der Waals surface area contributed by atoms with Gasteiger partial charge in [0.2, 0.25) is 0 Å². The lowest BCUT2D eigenvalue weighted by molar-refractivity contribution is 0.635. The molecular formula is C20H21N5. The molecule has 0 aliphatic carbocycles. The van der Waals surface area contributed by atoms with Gasteiger partial charge >= 0.3 is 0 Å². The van der Waals surface area contributed by atoms with Crippen LogP contribution in [-0.2, 0) is 0 Å². The molecular weight excluding hydrogens is 310 g/mol. The highest BCUT2D eigenvalue weighted by Crippen LogP contribution is 2.28. The third kappa shape index (κ3) is 2.94. The van der Waals surface area contributed by atoms with E-state index in [2.05, 4.69) is 70.1 Å². The van der Waals surface area contributed by atoms with Crippen LogP contribution in [0.25, 0.3) is 27.5 Å². The fraction of sp³-hybridized carbons (Fsp3) is 0.200. The molecule has 0 saturated carbocycles. The average Bonchev–Trinajstić information content (AvgIpc) is 3.10. The third-order valence-electron chi connectivity index (χ3n) is 4.54. The van der Waals surface area contributed by atoms with Crippen molar-refractivity contribution < 1.29 is 0 Å². The Labute approximate surface area is 146 Å². The van der Waals surface area contributed by atoms with Gasteiger partial charge in [0.15, 0.2) is 5.65 Å². The second kappa shape index (κ2) is 6.53. The minimum absolute atomic E-state index is 0.374. The van der Waals surface area contributed by atoms with Crippen molar-refractivity contribution in [2.75, 3.05) is 18.9 Å². The molecule has 0 bridgehead atoms. The first-order valence-electron chi connectivity index (χ1n) is 8.49. The predicted octanol–water partition coefficient (Wildman–Crippen LogP) is 3.57. The van der Waals surface area contributed by atoms with E-state index in [4.69, 9.17) is 0 Å². The van der Waals surface area contributed by atoms with Crippen LogP contribution in [0.1, 0.15) is 6.92 Å². The molecule has 0 aliphatic rings. The van der Waals surface area contributed by atoms with E-state index in [9.17, 15) is 0 Å². The van der Waals surface area contributed by atoms with Gasteiger partial charge in [-0.1, -0.05) is 36.4 Å². The molecule has 1 unspecified atom stereocenters. The summed E-state index contributed by atoms with van der Waals surface area (Å²) in [6.07, 6.45) is 3.72. The van der Waals surface area contributed by atoms with Crippen molar-refractivity contribution in [3.05, 3.63) is 60.9 Å². The molecule has 4 rings (SSSR count). The Morgan fingerprint density at radius 1 is 1.08 bits per heavy atom. The van der Waals surface area contributed by atoms with Gasteiger partial charge in [0, 0.05) is 24.3 Å². The topological polar surface area (TPSA) is 54.2 Å². The van der Waals surface area contributed by atoms with Crippen LogP contribution in [0.2, 0.25) is 0 Å². The van der Waals surface area contributed by atoms with Gasteiger partial charge < -0.3 is 10.6 Å². The predicted molar refractivity (Wildman–Crippen MR) is 103 cm³/mol. The number of rotatable bonds is 5. The van der Waals surface area contributed by atoms with E-state index in [0.29, 0.717) is 6.04 Å². The third-order valence-corrected chi connectivity index (χ3v) is 4.54. The van der Waals surface area contributed by atoms with E-state index >= 15 is 0 Å². The molecule has 0 spiro atoms. The van der Waals surface area contributed by atoms with Gasteiger partial charge in [0.1, 0.15) is 5.82 Å². The Balaban J connectivity index is 1.75. The van der Waals surface area contributed by atoms with Crippen molar-refractivity contribution in [1.29, 1.82) is 0 Å². The lowest BCUT2D eigenvalue weighted by Crippen LogP contribution is -2.29. The molecule has 0 amide bonds. The second-order valence-corrected chi connectivity index (χ2v) is 6.26. The molecule has 0 radical (unpaired) electrons. The highest BCUT2D eigenvalue weighted by molar-refractivity contribution is 5.89. The summed E-state index contributed by atoms with van der Waals surface area (Å²) in [5.41, 5.74) is 3.02. The quantitative estimate of drug-likeness (QED) is 0.587. The van der Waals surface area contributed by atoms with Crippen LogP contribution < -0.4 is 10.6 Å². The van der Waals surface area contributed by atoms with E-state index in [-0.39, 0.29) is 0 Å². The van der Waals surface area contributed by atoms with Crippen molar-refractivity contribution in [2.24, 2.45) is 0 Å². The van der Waals surface area contributed by atoms with Crippen LogP contribution in [0.3, 0.4) is 0 Å². The largest absolute Gasteiger partial charge is 0.368 e. The Kier molecular flexibility index (Phi) is 4.07. The molecule has 2 heterocycles. The van der Waals surface area contributed by atoms with E-state index in [1.807, 2.05) is 30.0 Å². The van der Waals surface area contributed by atoms with Crippen LogP contribution in [0.15, 0.2) is 60.9 Å². The number of anilines is 1. The molecule has 0 saturated heterocycles. The van der Waals surface area contributed by atoms with Gasteiger partial charge in [0.25, 0.3) is 0 Å². The summed E-state index contributed by atoms with van der Waals surface area (Å²) >= 11 is 0. The van der Waals surface area contributed by atoms with E-state index in [1.165, 1.54) is 10.8 Å².